The molecule has 0 bridgehead atoms. The predicted molar refractivity (Wildman–Crippen MR) is 40.4 cm³/mol. The van der Waals surface area contributed by atoms with Crippen LogP contribution in [0.1, 0.15) is 6.42 Å². The first kappa shape index (κ1) is 8.56. The van der Waals surface area contributed by atoms with Crippen LogP contribution in [-0.2, 0) is 9.53 Å². The summed E-state index contributed by atoms with van der Waals surface area (Å²) in [7, 11) is 0. The van der Waals surface area contributed by atoms with Crippen molar-refractivity contribution in [3.8, 4) is 0 Å². The second-order valence-electron chi connectivity index (χ2n) is 2.35. The van der Waals surface area contributed by atoms with E-state index < -0.39 is 12.1 Å². The van der Waals surface area contributed by atoms with Gasteiger partial charge < -0.3 is 9.84 Å². The summed E-state index contributed by atoms with van der Waals surface area (Å²) in [6, 6.07) is 0. The summed E-state index contributed by atoms with van der Waals surface area (Å²) in [6.07, 6.45) is 2.93. The molecule has 0 aromatic carbocycles. The molecule has 0 aliphatic heterocycles. The highest BCUT2D eigenvalue weighted by Gasteiger charge is 2.19. The largest absolute Gasteiger partial charge is 0.457 e. The fourth-order valence-electron chi connectivity index (χ4n) is 0.935. The van der Waals surface area contributed by atoms with Gasteiger partial charge in [-0.05, 0) is 6.08 Å². The Morgan fingerprint density at radius 3 is 2.91 bits per heavy atom. The SMILES string of the molecule is O=C(CCl)O[C@H]1C=C[C@@H](O)C1. The molecule has 0 aromatic rings. The summed E-state index contributed by atoms with van der Waals surface area (Å²) in [5, 5.41) is 8.97. The Morgan fingerprint density at radius 2 is 2.45 bits per heavy atom. The van der Waals surface area contributed by atoms with Crippen LogP contribution in [0, 0.1) is 0 Å². The van der Waals surface area contributed by atoms with Crippen LogP contribution in [0.5, 0.6) is 0 Å². The van der Waals surface area contributed by atoms with E-state index in [1.54, 1.807) is 12.2 Å². The number of aliphatic hydroxyl groups is 1. The van der Waals surface area contributed by atoms with Gasteiger partial charge in [-0.15, -0.1) is 11.6 Å². The lowest BCUT2D eigenvalue weighted by Gasteiger charge is -2.08. The van der Waals surface area contributed by atoms with Gasteiger partial charge in [0.2, 0.25) is 0 Å². The first-order valence-electron chi connectivity index (χ1n) is 3.34. The molecular weight excluding hydrogens is 168 g/mol. The summed E-state index contributed by atoms with van der Waals surface area (Å²) in [4.78, 5) is 10.6. The monoisotopic (exact) mass is 176 g/mol. The second kappa shape index (κ2) is 3.74. The summed E-state index contributed by atoms with van der Waals surface area (Å²) in [5.41, 5.74) is 0. The van der Waals surface area contributed by atoms with E-state index in [-0.39, 0.29) is 12.0 Å². The van der Waals surface area contributed by atoms with E-state index in [9.17, 15) is 4.79 Å². The Balaban J connectivity index is 2.29. The van der Waals surface area contributed by atoms with Crippen molar-refractivity contribution in [1.29, 1.82) is 0 Å². The van der Waals surface area contributed by atoms with Crippen molar-refractivity contribution >= 4 is 17.6 Å². The first-order valence-corrected chi connectivity index (χ1v) is 3.87. The lowest BCUT2D eigenvalue weighted by atomic mass is 10.3. The Morgan fingerprint density at radius 1 is 1.73 bits per heavy atom. The molecule has 62 valence electrons. The molecule has 0 aromatic heterocycles. The van der Waals surface area contributed by atoms with Gasteiger partial charge in [0, 0.05) is 6.42 Å². The van der Waals surface area contributed by atoms with Crippen LogP contribution in [0.15, 0.2) is 12.2 Å². The van der Waals surface area contributed by atoms with Gasteiger partial charge in [0.1, 0.15) is 12.0 Å². The summed E-state index contributed by atoms with van der Waals surface area (Å²) in [5.74, 6) is -0.587. The third-order valence-corrected chi connectivity index (χ3v) is 1.63. The number of alkyl halides is 1. The maximum Gasteiger partial charge on any atom is 0.321 e. The normalized spacial score (nSPS) is 28.9. The Labute approximate surface area is 69.6 Å². The minimum atomic E-state index is -0.483. The van der Waals surface area contributed by atoms with Crippen molar-refractivity contribution in [3.05, 3.63) is 12.2 Å². The molecule has 0 heterocycles. The van der Waals surface area contributed by atoms with E-state index in [1.807, 2.05) is 0 Å². The average Bonchev–Trinajstić information content (AvgIpc) is 2.35. The first-order chi connectivity index (χ1) is 5.22. The van der Waals surface area contributed by atoms with E-state index in [4.69, 9.17) is 21.4 Å². The van der Waals surface area contributed by atoms with Crippen LogP contribution >= 0.6 is 11.6 Å². The van der Waals surface area contributed by atoms with Crippen molar-refractivity contribution in [2.45, 2.75) is 18.6 Å². The highest BCUT2D eigenvalue weighted by Crippen LogP contribution is 2.13. The molecule has 0 spiro atoms. The van der Waals surface area contributed by atoms with Crippen molar-refractivity contribution in [2.24, 2.45) is 0 Å². The second-order valence-corrected chi connectivity index (χ2v) is 2.62. The number of hydrogen-bond donors (Lipinski definition) is 1. The van der Waals surface area contributed by atoms with Gasteiger partial charge in [-0.2, -0.15) is 0 Å². The third-order valence-electron chi connectivity index (χ3n) is 1.41. The zero-order valence-corrected chi connectivity index (χ0v) is 6.62. The summed E-state index contributed by atoms with van der Waals surface area (Å²) in [6.45, 7) is 0. The van der Waals surface area contributed by atoms with Gasteiger partial charge in [0.15, 0.2) is 0 Å². The molecule has 1 rings (SSSR count). The highest BCUT2D eigenvalue weighted by atomic mass is 35.5. The van der Waals surface area contributed by atoms with Gasteiger partial charge >= 0.3 is 5.97 Å². The molecule has 0 amide bonds. The minimum Gasteiger partial charge on any atom is -0.457 e. The fourth-order valence-corrected chi connectivity index (χ4v) is 0.998. The van der Waals surface area contributed by atoms with E-state index >= 15 is 0 Å². The molecule has 1 N–H and O–H groups in total. The smallest absolute Gasteiger partial charge is 0.321 e. The predicted octanol–water partition coefficient (Wildman–Crippen LogP) is 0.458. The summed E-state index contributed by atoms with van der Waals surface area (Å²) >= 11 is 5.21. The van der Waals surface area contributed by atoms with Crippen LogP contribution in [0.4, 0.5) is 0 Å². The highest BCUT2D eigenvalue weighted by molar-refractivity contribution is 6.26. The Bertz CT molecular complexity index is 179. The molecule has 0 unspecified atom stereocenters. The Hall–Kier alpha value is -0.540. The standard InChI is InChI=1S/C7H9ClO3/c8-4-7(10)11-6-2-1-5(9)3-6/h1-2,5-6,9H,3-4H2/t5-,6+/m1/s1. The lowest BCUT2D eigenvalue weighted by Crippen LogP contribution is -2.17. The molecule has 0 saturated heterocycles. The van der Waals surface area contributed by atoms with Crippen molar-refractivity contribution in [2.75, 3.05) is 5.88 Å². The number of esters is 1. The van der Waals surface area contributed by atoms with E-state index in [2.05, 4.69) is 0 Å². The third kappa shape index (κ3) is 2.52. The van der Waals surface area contributed by atoms with Gasteiger partial charge in [0.05, 0.1) is 6.10 Å². The number of carbonyl (C=O) groups is 1. The zero-order chi connectivity index (χ0) is 8.27. The average molecular weight is 177 g/mol. The molecular formula is C7H9ClO3. The molecule has 0 radical (unpaired) electrons. The lowest BCUT2D eigenvalue weighted by molar-refractivity contribution is -0.144. The van der Waals surface area contributed by atoms with Crippen LogP contribution in [-0.4, -0.2) is 29.2 Å². The molecule has 0 saturated carbocycles. The topological polar surface area (TPSA) is 46.5 Å². The van der Waals surface area contributed by atoms with Gasteiger partial charge in [0.25, 0.3) is 0 Å². The van der Waals surface area contributed by atoms with Gasteiger partial charge in [-0.3, -0.25) is 4.79 Å². The molecule has 11 heavy (non-hydrogen) atoms. The van der Waals surface area contributed by atoms with Crippen molar-refractivity contribution in [1.82, 2.24) is 0 Å². The Kier molecular flexibility index (Phi) is 2.91. The van der Waals surface area contributed by atoms with E-state index in [0.717, 1.165) is 0 Å². The van der Waals surface area contributed by atoms with Crippen LogP contribution < -0.4 is 0 Å². The number of halogens is 1. The van der Waals surface area contributed by atoms with Crippen LogP contribution in [0.25, 0.3) is 0 Å². The number of carbonyl (C=O) groups excluding carboxylic acids is 1. The zero-order valence-electron chi connectivity index (χ0n) is 5.87. The number of aliphatic hydroxyl groups excluding tert-OH is 1. The number of rotatable bonds is 2. The van der Waals surface area contributed by atoms with E-state index in [1.165, 1.54) is 0 Å². The van der Waals surface area contributed by atoms with Crippen LogP contribution in [0.3, 0.4) is 0 Å². The van der Waals surface area contributed by atoms with Gasteiger partial charge in [-0.1, -0.05) is 6.08 Å². The molecule has 1 aliphatic rings. The maximum atomic E-state index is 10.6. The molecule has 1 aliphatic carbocycles. The van der Waals surface area contributed by atoms with Crippen LogP contribution in [0.2, 0.25) is 0 Å². The fraction of sp³-hybridized carbons (Fsp3) is 0.571. The van der Waals surface area contributed by atoms with Crippen molar-refractivity contribution < 1.29 is 14.6 Å². The maximum absolute atomic E-state index is 10.6. The number of hydrogen-bond acceptors (Lipinski definition) is 3. The van der Waals surface area contributed by atoms with Gasteiger partial charge in [-0.25, -0.2) is 0 Å². The van der Waals surface area contributed by atoms with E-state index in [0.29, 0.717) is 6.42 Å². The molecule has 0 fully saturated rings. The molecule has 2 atom stereocenters. The van der Waals surface area contributed by atoms with Crippen molar-refractivity contribution in [3.63, 3.8) is 0 Å². The summed E-state index contributed by atoms with van der Waals surface area (Å²) < 4.78 is 4.81. The molecule has 3 nitrogen and oxygen atoms in total. The number of ether oxygens (including phenoxy) is 1. The minimum absolute atomic E-state index is 0.138. The molecule has 4 heteroatoms. The quantitative estimate of drug-likeness (QED) is 0.378.